The number of carbonyl (C=O) groups excluding carboxylic acids is 7. The van der Waals surface area contributed by atoms with Crippen molar-refractivity contribution >= 4 is 53.0 Å². The molecule has 5 N–H and O–H groups in total. The Morgan fingerprint density at radius 2 is 1.66 bits per heavy atom. The average Bonchev–Trinajstić information content (AvgIpc) is 3.75. The molecular weight excluding hydrogens is 847 g/mol. The number of phenolic OH excluding ortho intramolecular Hbond substituents is 1. The lowest BCUT2D eigenvalue weighted by molar-refractivity contribution is -0.160. The minimum atomic E-state index is -1.03. The number of amides is 5. The summed E-state index contributed by atoms with van der Waals surface area (Å²) in [6.45, 7) is 14.4. The topological polar surface area (TPSA) is 235 Å². The maximum absolute atomic E-state index is 14.8. The Kier molecular flexibility index (Phi) is 21.9. The van der Waals surface area contributed by atoms with Gasteiger partial charge in [-0.3, -0.25) is 39.1 Å². The number of thiazole rings is 1. The first-order valence-electron chi connectivity index (χ1n) is 22.3. The van der Waals surface area contributed by atoms with Crippen LogP contribution in [0.4, 0.5) is 4.79 Å². The molecule has 2 aromatic rings. The normalized spacial score (nSPS) is 16.8. The molecule has 1 fully saturated rings. The smallest absolute Gasteiger partial charge is 0.426 e. The molecule has 0 spiro atoms. The first kappa shape index (κ1) is 53.0. The Balaban J connectivity index is 1.94. The average molecular weight is 916 g/mol. The van der Waals surface area contributed by atoms with Crippen LogP contribution < -0.4 is 21.5 Å². The maximum atomic E-state index is 14.8. The third kappa shape index (κ3) is 16.7. The van der Waals surface area contributed by atoms with E-state index >= 15 is 0 Å². The molecule has 0 bridgehead atoms. The second kappa shape index (κ2) is 26.5. The number of esters is 2. The predicted molar refractivity (Wildman–Crippen MR) is 239 cm³/mol. The highest BCUT2D eigenvalue weighted by atomic mass is 32.1. The Labute approximate surface area is 380 Å². The zero-order valence-electron chi connectivity index (χ0n) is 38.8. The lowest BCUT2D eigenvalue weighted by Crippen LogP contribution is -2.59. The van der Waals surface area contributed by atoms with Crippen LogP contribution in [-0.4, -0.2) is 113 Å². The number of hydrogen-bond donors (Lipinski definition) is 5. The molecule has 3 rings (SSSR count). The van der Waals surface area contributed by atoms with Crippen LogP contribution in [0.5, 0.6) is 5.75 Å². The van der Waals surface area contributed by atoms with Crippen LogP contribution in [0.25, 0.3) is 0 Å². The van der Waals surface area contributed by atoms with Crippen molar-refractivity contribution in [1.82, 2.24) is 36.3 Å². The summed E-state index contributed by atoms with van der Waals surface area (Å²) in [7, 11) is 1.90. The number of likely N-dealkylation sites (tertiary alicyclic amines) is 1. The van der Waals surface area contributed by atoms with Crippen molar-refractivity contribution in [3.8, 4) is 5.75 Å². The SMILES string of the molecule is CCCC(=O)OCN(C(=O)[C@@H](NC(=O)[C@H]1CCCCN1C)C(C)CC)C(C[C@@H](OC(C)=O)c1nc(C(=O)N[C@@H](Cc2ccc(O)cc2)C[C@H](C)C(=O)NNC(=O)OCC)cs1)C(C)C. The highest BCUT2D eigenvalue weighted by molar-refractivity contribution is 7.09. The van der Waals surface area contributed by atoms with Crippen molar-refractivity contribution in [2.45, 2.75) is 143 Å². The second-order valence-corrected chi connectivity index (χ2v) is 17.7. The van der Waals surface area contributed by atoms with E-state index in [1.54, 1.807) is 26.0 Å². The van der Waals surface area contributed by atoms with E-state index < -0.39 is 72.6 Å². The number of benzene rings is 1. The van der Waals surface area contributed by atoms with Gasteiger partial charge in [0.2, 0.25) is 17.7 Å². The van der Waals surface area contributed by atoms with Crippen molar-refractivity contribution in [3.63, 3.8) is 0 Å². The maximum Gasteiger partial charge on any atom is 0.426 e. The minimum absolute atomic E-state index is 0.0173. The van der Waals surface area contributed by atoms with Gasteiger partial charge in [0.1, 0.15) is 22.5 Å². The van der Waals surface area contributed by atoms with Crippen LogP contribution in [0.3, 0.4) is 0 Å². The lowest BCUT2D eigenvalue weighted by atomic mass is 9.92. The number of carbonyl (C=O) groups is 7. The van der Waals surface area contributed by atoms with E-state index in [4.69, 9.17) is 14.2 Å². The van der Waals surface area contributed by atoms with Crippen molar-refractivity contribution in [2.75, 3.05) is 26.9 Å². The number of aromatic nitrogens is 1. The monoisotopic (exact) mass is 915 g/mol. The van der Waals surface area contributed by atoms with Gasteiger partial charge in [-0.1, -0.05) is 66.5 Å². The van der Waals surface area contributed by atoms with Gasteiger partial charge in [-0.15, -0.1) is 11.3 Å². The van der Waals surface area contributed by atoms with Crippen LogP contribution in [0.2, 0.25) is 0 Å². The molecule has 1 aliphatic rings. The van der Waals surface area contributed by atoms with Gasteiger partial charge < -0.3 is 34.9 Å². The molecule has 2 heterocycles. The lowest BCUT2D eigenvalue weighted by Gasteiger charge is -2.39. The number of nitrogens with one attached hydrogen (secondary N) is 4. The quantitative estimate of drug-likeness (QED) is 0.0420. The molecule has 1 saturated heterocycles. The summed E-state index contributed by atoms with van der Waals surface area (Å²) in [4.78, 5) is 101. The molecule has 2 unspecified atom stereocenters. The van der Waals surface area contributed by atoms with Crippen LogP contribution in [0.1, 0.15) is 134 Å². The molecule has 5 amide bonds. The molecule has 0 radical (unpaired) electrons. The molecular formula is C45H69N7O11S. The van der Waals surface area contributed by atoms with Gasteiger partial charge in [-0.25, -0.2) is 15.2 Å². The van der Waals surface area contributed by atoms with Gasteiger partial charge >= 0.3 is 18.0 Å². The minimum Gasteiger partial charge on any atom is -0.508 e. The van der Waals surface area contributed by atoms with Crippen LogP contribution in [0, 0.1) is 17.8 Å². The standard InChI is InChI=1S/C45H69N7O11S/c1-10-15-38(55)62-26-52(44(59)39(28(6)11-2)48-42(58)35-16-13-14-21-51(35)9)36(27(4)5)24-37(63-30(8)53)43-47-34(25-64-43)41(57)46-32(23-31-17-19-33(54)20-18-31)22-29(7)40(56)49-50-45(60)61-12-3/h17-20,25,27-29,32,35-37,39,54H,10-16,21-24,26H2,1-9H3,(H,46,57)(H,48,58)(H,49,56)(H,50,60)/t28?,29-,32+,35+,36?,37+,39-/m0/s1. The summed E-state index contributed by atoms with van der Waals surface area (Å²) in [5.41, 5.74) is 5.30. The summed E-state index contributed by atoms with van der Waals surface area (Å²) >= 11 is 1.09. The fourth-order valence-electron chi connectivity index (χ4n) is 7.48. The third-order valence-corrected chi connectivity index (χ3v) is 12.3. The number of ether oxygens (including phenoxy) is 3. The predicted octanol–water partition coefficient (Wildman–Crippen LogP) is 5.16. The van der Waals surface area contributed by atoms with E-state index in [0.717, 1.165) is 36.3 Å². The molecule has 0 saturated carbocycles. The summed E-state index contributed by atoms with van der Waals surface area (Å²) in [5, 5.41) is 17.6. The van der Waals surface area contributed by atoms with E-state index in [0.29, 0.717) is 19.3 Å². The Morgan fingerprint density at radius 3 is 2.27 bits per heavy atom. The van der Waals surface area contributed by atoms with E-state index in [2.05, 4.69) is 26.5 Å². The van der Waals surface area contributed by atoms with Crippen molar-refractivity contribution in [2.24, 2.45) is 17.8 Å². The Hall–Kier alpha value is -5.30. The van der Waals surface area contributed by atoms with Gasteiger partial charge in [-0.05, 0) is 82.2 Å². The number of likely N-dealkylation sites (N-methyl/N-ethyl adjacent to an activating group) is 1. The highest BCUT2D eigenvalue weighted by Crippen LogP contribution is 2.32. The van der Waals surface area contributed by atoms with E-state index in [1.165, 1.54) is 29.3 Å². The number of hydrazine groups is 1. The molecule has 1 aromatic carbocycles. The van der Waals surface area contributed by atoms with E-state index in [9.17, 15) is 38.7 Å². The fraction of sp³-hybridized carbons (Fsp3) is 0.644. The van der Waals surface area contributed by atoms with E-state index in [-0.39, 0.29) is 72.5 Å². The number of hydrogen-bond acceptors (Lipinski definition) is 14. The first-order valence-corrected chi connectivity index (χ1v) is 23.2. The number of aromatic hydroxyl groups is 1. The third-order valence-electron chi connectivity index (χ3n) is 11.3. The summed E-state index contributed by atoms with van der Waals surface area (Å²) in [6, 6.07) is 3.77. The highest BCUT2D eigenvalue weighted by Gasteiger charge is 2.39. The number of phenols is 1. The number of piperidine rings is 1. The van der Waals surface area contributed by atoms with Crippen LogP contribution in [0.15, 0.2) is 29.6 Å². The van der Waals surface area contributed by atoms with Crippen molar-refractivity contribution in [3.05, 3.63) is 45.9 Å². The van der Waals surface area contributed by atoms with E-state index in [1.807, 2.05) is 46.6 Å². The first-order chi connectivity index (χ1) is 30.4. The number of rotatable bonds is 23. The molecule has 7 atom stereocenters. The Morgan fingerprint density at radius 1 is 0.953 bits per heavy atom. The van der Waals surface area contributed by atoms with Crippen molar-refractivity contribution in [1.29, 1.82) is 0 Å². The van der Waals surface area contributed by atoms with Gasteiger partial charge in [0.05, 0.1) is 12.6 Å². The van der Waals surface area contributed by atoms with Crippen molar-refractivity contribution < 1.29 is 52.9 Å². The van der Waals surface area contributed by atoms with Gasteiger partial charge in [-0.2, -0.15) is 0 Å². The zero-order valence-corrected chi connectivity index (χ0v) is 39.6. The number of nitrogens with zero attached hydrogens (tertiary/aromatic N) is 3. The largest absolute Gasteiger partial charge is 0.508 e. The second-order valence-electron chi connectivity index (χ2n) is 16.8. The summed E-state index contributed by atoms with van der Waals surface area (Å²) in [5.74, 6) is -4.07. The van der Waals surface area contributed by atoms with Gasteiger partial charge in [0, 0.05) is 43.1 Å². The molecule has 18 nitrogen and oxygen atoms in total. The fourth-order valence-corrected chi connectivity index (χ4v) is 8.32. The molecule has 19 heteroatoms. The molecule has 0 aliphatic carbocycles. The summed E-state index contributed by atoms with van der Waals surface area (Å²) in [6.07, 6.45) is 2.39. The molecule has 1 aliphatic heterocycles. The summed E-state index contributed by atoms with van der Waals surface area (Å²) < 4.78 is 16.3. The molecule has 1 aromatic heterocycles. The molecule has 356 valence electrons. The van der Waals surface area contributed by atoms with Gasteiger partial charge in [0.25, 0.3) is 5.91 Å². The Bertz CT molecular complexity index is 1860. The molecule has 64 heavy (non-hydrogen) atoms. The van der Waals surface area contributed by atoms with Gasteiger partial charge in [0.15, 0.2) is 12.8 Å². The van der Waals surface area contributed by atoms with Crippen LogP contribution >= 0.6 is 11.3 Å². The zero-order chi connectivity index (χ0) is 47.5. The van der Waals surface area contributed by atoms with Crippen LogP contribution in [-0.2, 0) is 44.6 Å².